The van der Waals surface area contributed by atoms with Crippen LogP contribution in [0.5, 0.6) is 0 Å². The zero-order valence-electron chi connectivity index (χ0n) is 8.79. The first-order valence-corrected chi connectivity index (χ1v) is 4.85. The van der Waals surface area contributed by atoms with E-state index in [0.29, 0.717) is 0 Å². The lowest BCUT2D eigenvalue weighted by Gasteiger charge is -2.39. The quantitative estimate of drug-likeness (QED) is 0.619. The van der Waals surface area contributed by atoms with Crippen LogP contribution in [0.4, 0.5) is 5.69 Å². The molecule has 0 aliphatic carbocycles. The molecule has 14 heavy (non-hydrogen) atoms. The number of hydroxylamine groups is 1. The van der Waals surface area contributed by atoms with E-state index in [4.69, 9.17) is 0 Å². The molecule has 74 valence electrons. The molecule has 0 bridgehead atoms. The molecular weight excluding hydrogens is 174 g/mol. The summed E-state index contributed by atoms with van der Waals surface area (Å²) in [6.07, 6.45) is 4.03. The van der Waals surface area contributed by atoms with Gasteiger partial charge in [0.25, 0.3) is 0 Å². The minimum absolute atomic E-state index is 0.218. The minimum Gasteiger partial charge on any atom is -0.628 e. The van der Waals surface area contributed by atoms with Crippen molar-refractivity contribution >= 4 is 11.8 Å². The molecule has 2 nitrogen and oxygen atoms in total. The average Bonchev–Trinajstić information content (AvgIpc) is 2.12. The molecule has 1 aromatic carbocycles. The Morgan fingerprint density at radius 3 is 2.71 bits per heavy atom. The molecule has 0 amide bonds. The lowest BCUT2D eigenvalue weighted by Crippen LogP contribution is -3.11. The highest BCUT2D eigenvalue weighted by molar-refractivity contribution is 5.64. The number of quaternary nitrogens is 1. The number of hydrogen-bond donors (Lipinski definition) is 1. The lowest BCUT2D eigenvalue weighted by molar-refractivity contribution is -0.826. The van der Waals surface area contributed by atoms with Crippen LogP contribution in [0, 0.1) is 12.1 Å². The average molecular weight is 189 g/mol. The summed E-state index contributed by atoms with van der Waals surface area (Å²) in [5.74, 6) is 0. The van der Waals surface area contributed by atoms with Gasteiger partial charge in [0.1, 0.15) is 11.2 Å². The molecule has 0 spiro atoms. The fourth-order valence-electron chi connectivity index (χ4n) is 1.75. The second-order valence-corrected chi connectivity index (χ2v) is 4.47. The zero-order valence-corrected chi connectivity index (χ0v) is 8.79. The maximum absolute atomic E-state index is 12.0. The van der Waals surface area contributed by atoms with E-state index in [2.05, 4.69) is 6.07 Å². The van der Waals surface area contributed by atoms with Gasteiger partial charge in [-0.15, -0.1) is 0 Å². The van der Waals surface area contributed by atoms with Crippen LogP contribution in [-0.4, -0.2) is 5.54 Å². The number of rotatable bonds is 0. The van der Waals surface area contributed by atoms with Gasteiger partial charge in [-0.1, -0.05) is 11.6 Å². The lowest BCUT2D eigenvalue weighted by atomic mass is 9.95. The Morgan fingerprint density at radius 2 is 2.00 bits per heavy atom. The van der Waals surface area contributed by atoms with E-state index in [1.807, 2.05) is 45.1 Å². The molecule has 1 N–H and O–H groups in total. The minimum atomic E-state index is -0.345. The van der Waals surface area contributed by atoms with Crippen molar-refractivity contribution in [1.29, 1.82) is 0 Å². The molecule has 2 heteroatoms. The van der Waals surface area contributed by atoms with Gasteiger partial charge in [-0.05, 0) is 39.0 Å². The van der Waals surface area contributed by atoms with Gasteiger partial charge in [0, 0.05) is 11.6 Å². The molecular formula is C12H15NO. The molecule has 0 saturated carbocycles. The number of nitrogens with one attached hydrogen (secondary N) is 1. The Morgan fingerprint density at radius 1 is 1.29 bits per heavy atom. The fraction of sp³-hybridized carbons (Fsp3) is 0.333. The van der Waals surface area contributed by atoms with E-state index >= 15 is 0 Å². The summed E-state index contributed by atoms with van der Waals surface area (Å²) < 4.78 is 0. The van der Waals surface area contributed by atoms with E-state index in [-0.39, 0.29) is 10.6 Å². The van der Waals surface area contributed by atoms with Crippen LogP contribution in [0.1, 0.15) is 25.0 Å². The number of hydrogen-bond acceptors (Lipinski definition) is 1. The summed E-state index contributed by atoms with van der Waals surface area (Å²) >= 11 is 0. The third-order valence-corrected chi connectivity index (χ3v) is 2.72. The van der Waals surface area contributed by atoms with Gasteiger partial charge in [0.2, 0.25) is 0 Å². The molecule has 0 saturated heterocycles. The van der Waals surface area contributed by atoms with Crippen molar-refractivity contribution in [3.8, 4) is 0 Å². The molecule has 1 aliphatic heterocycles. The number of fused-ring (bicyclic) bond motifs is 1. The van der Waals surface area contributed by atoms with Crippen LogP contribution in [0.25, 0.3) is 6.08 Å². The van der Waals surface area contributed by atoms with E-state index in [9.17, 15) is 5.21 Å². The van der Waals surface area contributed by atoms with Crippen LogP contribution in [0.15, 0.2) is 24.3 Å². The highest BCUT2D eigenvalue weighted by Gasteiger charge is 2.28. The van der Waals surface area contributed by atoms with E-state index in [1.54, 1.807) is 0 Å². The highest BCUT2D eigenvalue weighted by atomic mass is 16.5. The molecule has 1 aliphatic rings. The van der Waals surface area contributed by atoms with Crippen molar-refractivity contribution < 1.29 is 5.06 Å². The molecule has 2 rings (SSSR count). The van der Waals surface area contributed by atoms with E-state index in [1.165, 1.54) is 5.56 Å². The maximum Gasteiger partial charge on any atom is 0.139 e. The van der Waals surface area contributed by atoms with Crippen LogP contribution in [0.2, 0.25) is 0 Å². The predicted molar refractivity (Wildman–Crippen MR) is 58.3 cm³/mol. The molecule has 1 unspecified atom stereocenters. The van der Waals surface area contributed by atoms with Gasteiger partial charge in [-0.2, -0.15) is 0 Å². The molecule has 0 aromatic heterocycles. The SMILES string of the molecule is Cc1ccc2c(c1)C=CC(C)(C)[NH+]2[O-]. The zero-order chi connectivity index (χ0) is 10.3. The van der Waals surface area contributed by atoms with Crippen molar-refractivity contribution in [2.75, 3.05) is 0 Å². The molecule has 0 radical (unpaired) electrons. The van der Waals surface area contributed by atoms with Crippen molar-refractivity contribution in [1.82, 2.24) is 0 Å². The third-order valence-electron chi connectivity index (χ3n) is 2.72. The number of aryl methyl sites for hydroxylation is 1. The second kappa shape index (κ2) is 2.94. The Kier molecular flexibility index (Phi) is 1.98. The van der Waals surface area contributed by atoms with Crippen molar-refractivity contribution in [2.24, 2.45) is 0 Å². The summed E-state index contributed by atoms with van der Waals surface area (Å²) in [7, 11) is 0. The topological polar surface area (TPSA) is 27.5 Å². The Bertz CT molecular complexity index is 393. The van der Waals surface area contributed by atoms with E-state index in [0.717, 1.165) is 11.3 Å². The van der Waals surface area contributed by atoms with Gasteiger partial charge in [0.05, 0.1) is 0 Å². The largest absolute Gasteiger partial charge is 0.628 e. The van der Waals surface area contributed by atoms with Crippen molar-refractivity contribution in [2.45, 2.75) is 26.3 Å². The summed E-state index contributed by atoms with van der Waals surface area (Å²) in [5, 5.41) is 12.2. The van der Waals surface area contributed by atoms with Gasteiger partial charge >= 0.3 is 0 Å². The van der Waals surface area contributed by atoms with Gasteiger partial charge in [-0.25, -0.2) is 0 Å². The van der Waals surface area contributed by atoms with Gasteiger partial charge in [-0.3, -0.25) is 0 Å². The van der Waals surface area contributed by atoms with Crippen LogP contribution in [-0.2, 0) is 0 Å². The van der Waals surface area contributed by atoms with Crippen LogP contribution >= 0.6 is 0 Å². The fourth-order valence-corrected chi connectivity index (χ4v) is 1.75. The first-order valence-electron chi connectivity index (χ1n) is 4.85. The summed E-state index contributed by atoms with van der Waals surface area (Å²) in [6, 6.07) is 5.98. The predicted octanol–water partition coefficient (Wildman–Crippen LogP) is 1.81. The first kappa shape index (κ1) is 9.44. The molecule has 1 heterocycles. The highest BCUT2D eigenvalue weighted by Crippen LogP contribution is 2.22. The summed E-state index contributed by atoms with van der Waals surface area (Å²) in [5.41, 5.74) is 2.75. The van der Waals surface area contributed by atoms with Crippen molar-refractivity contribution in [3.05, 3.63) is 40.6 Å². The van der Waals surface area contributed by atoms with Crippen LogP contribution < -0.4 is 5.06 Å². The normalized spacial score (nSPS) is 23.3. The third kappa shape index (κ3) is 1.37. The van der Waals surface area contributed by atoms with Crippen LogP contribution in [0.3, 0.4) is 0 Å². The number of benzene rings is 1. The Hall–Kier alpha value is -1.12. The van der Waals surface area contributed by atoms with E-state index < -0.39 is 0 Å². The van der Waals surface area contributed by atoms with Gasteiger partial charge in [0.15, 0.2) is 0 Å². The first-order chi connectivity index (χ1) is 6.50. The molecule has 1 aromatic rings. The maximum atomic E-state index is 12.0. The Balaban J connectivity index is 2.55. The van der Waals surface area contributed by atoms with Crippen molar-refractivity contribution in [3.63, 3.8) is 0 Å². The monoisotopic (exact) mass is 189 g/mol. The Labute approximate surface area is 84.4 Å². The van der Waals surface area contributed by atoms with Gasteiger partial charge < -0.3 is 10.3 Å². The molecule has 0 fully saturated rings. The smallest absolute Gasteiger partial charge is 0.139 e. The standard InChI is InChI=1S/C12H15NO/c1-9-4-5-11-10(8-9)6-7-12(2,3)13(11)14/h4-8,13H,1-3H3. The second-order valence-electron chi connectivity index (χ2n) is 4.47. The summed E-state index contributed by atoms with van der Waals surface area (Å²) in [6.45, 7) is 5.95. The summed E-state index contributed by atoms with van der Waals surface area (Å²) in [4.78, 5) is 0. The molecule has 1 atom stereocenters.